The van der Waals surface area contributed by atoms with E-state index in [4.69, 9.17) is 0 Å². The molecule has 0 aliphatic carbocycles. The molecule has 0 atom stereocenters. The zero-order valence-corrected chi connectivity index (χ0v) is 25.3. The van der Waals surface area contributed by atoms with Gasteiger partial charge >= 0.3 is 172 Å². The van der Waals surface area contributed by atoms with Gasteiger partial charge in [-0.1, -0.05) is 0 Å². The first kappa shape index (κ1) is 71.8. The fraction of sp³-hybridized carbons (Fsp3) is 0. The van der Waals surface area contributed by atoms with Gasteiger partial charge in [-0.25, -0.2) is 0 Å². The summed E-state index contributed by atoms with van der Waals surface area (Å²) in [6.45, 7) is 0. The van der Waals surface area contributed by atoms with Gasteiger partial charge in [0.15, 0.2) is 0 Å². The average molecular weight is 691 g/mol. The Hall–Kier alpha value is 7.27. The largest absolute Gasteiger partial charge is 3.00 e. The summed E-state index contributed by atoms with van der Waals surface area (Å²) in [4.78, 5) is 0. The van der Waals surface area contributed by atoms with Crippen molar-refractivity contribution in [2.45, 2.75) is 0 Å². The molecule has 0 aromatic heterocycles. The first-order valence-corrected chi connectivity index (χ1v) is 0. The summed E-state index contributed by atoms with van der Waals surface area (Å²) in [5, 5.41) is 0. The fourth-order valence-corrected chi connectivity index (χ4v) is 0. The van der Waals surface area contributed by atoms with E-state index in [2.05, 4.69) is 0 Å². The van der Waals surface area contributed by atoms with Crippen LogP contribution in [0.15, 0.2) is 0 Å². The van der Waals surface area contributed by atoms with Crippen LogP contribution in [0, 0.1) is 0 Å². The molecule has 0 unspecified atom stereocenters. The Kier molecular flexibility index (Phi) is 469. The van der Waals surface area contributed by atoms with Crippen LogP contribution in [-0.4, -0.2) is 172 Å². The summed E-state index contributed by atoms with van der Waals surface area (Å²) in [6, 6.07) is 0. The molecule has 0 radical (unpaired) electrons. The fourth-order valence-electron chi connectivity index (χ4n) is 0. The van der Waals surface area contributed by atoms with Crippen LogP contribution in [0.25, 0.3) is 0 Å². The van der Waals surface area contributed by atoms with Crippen molar-refractivity contribution in [3.05, 3.63) is 0 Å². The van der Waals surface area contributed by atoms with Crippen LogP contribution in [0.3, 0.4) is 0 Å². The molecule has 0 fully saturated rings. The molecule has 0 aliphatic rings. The first-order chi connectivity index (χ1) is 0. The van der Waals surface area contributed by atoms with Crippen molar-refractivity contribution in [1.29, 1.82) is 0 Å². The number of halogens is 1. The molecule has 9 heavy (non-hydrogen) atoms. The maximum atomic E-state index is 0. The smallest absolute Gasteiger partial charge is 2.00 e. The Morgan fingerprint density at radius 3 is 0.444 bits per heavy atom. The van der Waals surface area contributed by atoms with Crippen molar-refractivity contribution in [3.8, 4) is 0 Å². The number of rotatable bonds is 0. The van der Waals surface area contributed by atoms with Crippen molar-refractivity contribution < 1.29 is 12.4 Å². The normalized spacial score (nSPS) is 0. The summed E-state index contributed by atoms with van der Waals surface area (Å²) in [7, 11) is 0. The molecule has 40 valence electrons. The second kappa shape index (κ2) is 58.8. The number of hydrogen-bond donors (Lipinski definition) is 0. The van der Waals surface area contributed by atoms with Crippen molar-refractivity contribution >= 4 is 226 Å². The molecule has 0 saturated carbocycles. The van der Waals surface area contributed by atoms with Gasteiger partial charge in [-0.2, -0.15) is 0 Å². The Morgan fingerprint density at radius 2 is 0.444 bits per heavy atom. The van der Waals surface area contributed by atoms with Crippen LogP contribution >= 0.6 is 0 Å². The molecule has 0 aromatic carbocycles. The van der Waals surface area contributed by atoms with Crippen LogP contribution in [-0.2, 0) is 54.0 Å². The van der Waals surface area contributed by atoms with E-state index in [0.717, 1.165) is 0 Å². The maximum Gasteiger partial charge on any atom is 3.00 e. The maximum absolute atomic E-state index is 0. The molecule has 0 amide bonds. The topological polar surface area (TPSA) is 0 Å². The van der Waals surface area contributed by atoms with E-state index in [1.165, 1.54) is 0 Å². The summed E-state index contributed by atoms with van der Waals surface area (Å²) in [6.07, 6.45) is 0. The van der Waals surface area contributed by atoms with Crippen molar-refractivity contribution in [1.82, 2.24) is 0 Å². The molecule has 0 spiro atoms. The van der Waals surface area contributed by atoms with Crippen LogP contribution in [0.1, 0.15) is 0 Å². The summed E-state index contributed by atoms with van der Waals surface area (Å²) in [5.74, 6) is 0. The minimum atomic E-state index is 0. The average Bonchev–Trinajstić information content (AvgIpc) is 0. The molecule has 0 bridgehead atoms. The van der Waals surface area contributed by atoms with E-state index >= 15 is 0 Å². The standard InChI is InChI=1S/3Ba.ClH.In.4S/h;;;1H;;;;;/q3*+2;;+3;4*-2/p-1. The van der Waals surface area contributed by atoms with Crippen LogP contribution in [0.5, 0.6) is 0 Å². The summed E-state index contributed by atoms with van der Waals surface area (Å²) >= 11 is 0. The zero-order valence-electron chi connectivity index (χ0n) is 4.71. The van der Waals surface area contributed by atoms with Gasteiger partial charge in [0.1, 0.15) is 0 Å². The molecule has 9 heteroatoms. The van der Waals surface area contributed by atoms with E-state index in [9.17, 15) is 0 Å². The van der Waals surface area contributed by atoms with Gasteiger partial charge in [0.2, 0.25) is 0 Å². The molecule has 0 saturated heterocycles. The predicted molar refractivity (Wildman–Crippen MR) is 52.5 cm³/mol. The van der Waals surface area contributed by atoms with E-state index < -0.39 is 0 Å². The van der Waals surface area contributed by atoms with Gasteiger partial charge in [-0.3, -0.25) is 0 Å². The van der Waals surface area contributed by atoms with Crippen molar-refractivity contribution in [2.75, 3.05) is 0 Å². The van der Waals surface area contributed by atoms with E-state index in [1.807, 2.05) is 0 Å². The van der Waals surface area contributed by atoms with Gasteiger partial charge in [0.25, 0.3) is 0 Å². The predicted octanol–water partition coefficient (Wildman–Crippen LogP) is -4.53. The molecule has 0 rings (SSSR count). The third-order valence-electron chi connectivity index (χ3n) is 0. The van der Waals surface area contributed by atoms with Crippen molar-refractivity contribution in [3.63, 3.8) is 0 Å². The molecule has 0 N–H and O–H groups in total. The van der Waals surface area contributed by atoms with E-state index in [0.29, 0.717) is 0 Å². The first-order valence-electron chi connectivity index (χ1n) is 0. The van der Waals surface area contributed by atoms with Crippen molar-refractivity contribution in [2.24, 2.45) is 0 Å². The van der Waals surface area contributed by atoms with Gasteiger partial charge in [0.05, 0.1) is 0 Å². The Balaban J connectivity index is 0. The van der Waals surface area contributed by atoms with Gasteiger partial charge in [-0.05, 0) is 0 Å². The third kappa shape index (κ3) is 50.9. The zero-order chi connectivity index (χ0) is 0. The monoisotopic (exact) mass is 691 g/mol. The minimum absolute atomic E-state index is 0. The molecular formula is Ba3ClInS4. The van der Waals surface area contributed by atoms with Gasteiger partial charge in [-0.15, -0.1) is 0 Å². The second-order valence-electron chi connectivity index (χ2n) is 0. The van der Waals surface area contributed by atoms with Gasteiger partial charge < -0.3 is 66.4 Å². The number of hydrogen-bond acceptors (Lipinski definition) is 0. The minimum Gasteiger partial charge on any atom is -2.00 e. The summed E-state index contributed by atoms with van der Waals surface area (Å²) in [5.41, 5.74) is 0. The Morgan fingerprint density at radius 1 is 0.444 bits per heavy atom. The molecule has 0 nitrogen and oxygen atoms in total. The van der Waals surface area contributed by atoms with E-state index in [-0.39, 0.29) is 239 Å². The quantitative estimate of drug-likeness (QED) is 0.225. The van der Waals surface area contributed by atoms with Crippen LogP contribution in [0.2, 0.25) is 0 Å². The summed E-state index contributed by atoms with van der Waals surface area (Å²) < 4.78 is 0. The molecule has 0 heterocycles. The van der Waals surface area contributed by atoms with Crippen LogP contribution < -0.4 is 12.4 Å². The molecule has 0 aromatic rings. The molecule has 0 aliphatic heterocycles. The Labute approximate surface area is 231 Å². The van der Waals surface area contributed by atoms with E-state index in [1.54, 1.807) is 0 Å². The van der Waals surface area contributed by atoms with Gasteiger partial charge in [0, 0.05) is 0 Å². The molecular weight excluding hydrogens is 691 g/mol. The van der Waals surface area contributed by atoms with Crippen LogP contribution in [0.4, 0.5) is 0 Å². The second-order valence-corrected chi connectivity index (χ2v) is 0. The SMILES string of the molecule is [Ba+2].[Ba+2].[Ba+2].[Cl-].[In+3].[S-2].[S-2].[S-2].[S-2]. The third-order valence-corrected chi connectivity index (χ3v) is 0. The Bertz CT molecular complexity index is 15.8.